The zero-order valence-electron chi connectivity index (χ0n) is 10.7. The first-order chi connectivity index (χ1) is 9.16. The van der Waals surface area contributed by atoms with E-state index in [4.69, 9.17) is 11.6 Å². The molecule has 0 bridgehead atoms. The standard InChI is InChI=1S/C15H18ClNO2/c16-9-6-7-13-11(8-9)14(15(18)19)10-4-2-1-3-5-12(10)17-13/h6-8,10,12,14,17H,1-5H2,(H,18,19). The number of carboxylic acid groups (broad SMARTS) is 1. The molecule has 102 valence electrons. The lowest BCUT2D eigenvalue weighted by atomic mass is 9.75. The van der Waals surface area contributed by atoms with Crippen LogP contribution in [0.15, 0.2) is 18.2 Å². The predicted octanol–water partition coefficient (Wildman–Crippen LogP) is 3.88. The summed E-state index contributed by atoms with van der Waals surface area (Å²) >= 11 is 6.03. The van der Waals surface area contributed by atoms with Gasteiger partial charge in [0, 0.05) is 16.8 Å². The van der Waals surface area contributed by atoms with Crippen LogP contribution in [0, 0.1) is 5.92 Å². The molecule has 3 nitrogen and oxygen atoms in total. The first-order valence-electron chi connectivity index (χ1n) is 6.95. The maximum absolute atomic E-state index is 11.7. The summed E-state index contributed by atoms with van der Waals surface area (Å²) in [5, 5.41) is 13.8. The number of hydrogen-bond acceptors (Lipinski definition) is 2. The van der Waals surface area contributed by atoms with E-state index in [0.29, 0.717) is 5.02 Å². The number of nitrogens with one attached hydrogen (secondary N) is 1. The Labute approximate surface area is 118 Å². The zero-order valence-corrected chi connectivity index (χ0v) is 11.5. The molecule has 0 amide bonds. The van der Waals surface area contributed by atoms with Crippen molar-refractivity contribution in [3.63, 3.8) is 0 Å². The van der Waals surface area contributed by atoms with Crippen LogP contribution in [0.25, 0.3) is 0 Å². The summed E-state index contributed by atoms with van der Waals surface area (Å²) in [6, 6.07) is 5.83. The van der Waals surface area contributed by atoms with Crippen LogP contribution in [0.2, 0.25) is 5.02 Å². The normalized spacial score (nSPS) is 29.6. The molecule has 3 rings (SSSR count). The lowest BCUT2D eigenvalue weighted by molar-refractivity contribution is -0.140. The van der Waals surface area contributed by atoms with Crippen LogP contribution < -0.4 is 5.32 Å². The van der Waals surface area contributed by atoms with Gasteiger partial charge in [0.05, 0.1) is 5.92 Å². The maximum Gasteiger partial charge on any atom is 0.311 e. The van der Waals surface area contributed by atoms with Crippen molar-refractivity contribution in [2.24, 2.45) is 5.92 Å². The van der Waals surface area contributed by atoms with Crippen molar-refractivity contribution in [2.45, 2.75) is 44.1 Å². The molecule has 1 fully saturated rings. The van der Waals surface area contributed by atoms with Gasteiger partial charge in [0.15, 0.2) is 0 Å². The molecule has 1 aromatic rings. The van der Waals surface area contributed by atoms with E-state index in [0.717, 1.165) is 30.5 Å². The maximum atomic E-state index is 11.7. The quantitative estimate of drug-likeness (QED) is 0.820. The molecule has 19 heavy (non-hydrogen) atoms. The molecule has 0 aromatic heterocycles. The number of anilines is 1. The van der Waals surface area contributed by atoms with E-state index < -0.39 is 11.9 Å². The molecule has 1 aromatic carbocycles. The largest absolute Gasteiger partial charge is 0.481 e. The highest BCUT2D eigenvalue weighted by Crippen LogP contribution is 2.44. The molecule has 3 atom stereocenters. The minimum Gasteiger partial charge on any atom is -0.481 e. The van der Waals surface area contributed by atoms with Crippen molar-refractivity contribution in [2.75, 3.05) is 5.32 Å². The highest BCUT2D eigenvalue weighted by molar-refractivity contribution is 6.30. The zero-order chi connectivity index (χ0) is 13.4. The Hall–Kier alpha value is -1.22. The van der Waals surface area contributed by atoms with Gasteiger partial charge in [0.1, 0.15) is 0 Å². The lowest BCUT2D eigenvalue weighted by Crippen LogP contribution is -2.40. The number of rotatable bonds is 1. The van der Waals surface area contributed by atoms with E-state index in [-0.39, 0.29) is 12.0 Å². The third kappa shape index (κ3) is 2.32. The monoisotopic (exact) mass is 279 g/mol. The summed E-state index contributed by atoms with van der Waals surface area (Å²) in [6.07, 6.45) is 5.57. The van der Waals surface area contributed by atoms with Crippen LogP contribution >= 0.6 is 11.6 Å². The van der Waals surface area contributed by atoms with Gasteiger partial charge in [-0.25, -0.2) is 0 Å². The number of halogens is 1. The Kier molecular flexibility index (Phi) is 3.40. The van der Waals surface area contributed by atoms with E-state index in [1.165, 1.54) is 12.8 Å². The van der Waals surface area contributed by atoms with Crippen LogP contribution in [-0.4, -0.2) is 17.1 Å². The summed E-state index contributed by atoms with van der Waals surface area (Å²) in [5.41, 5.74) is 1.79. The second-order valence-corrected chi connectivity index (χ2v) is 6.04. The fourth-order valence-corrected chi connectivity index (χ4v) is 3.76. The summed E-state index contributed by atoms with van der Waals surface area (Å²) in [7, 11) is 0. The van der Waals surface area contributed by atoms with Crippen molar-refractivity contribution >= 4 is 23.3 Å². The molecule has 1 saturated carbocycles. The van der Waals surface area contributed by atoms with Crippen LogP contribution in [0.1, 0.15) is 43.6 Å². The molecule has 1 aliphatic carbocycles. The van der Waals surface area contributed by atoms with Crippen molar-refractivity contribution < 1.29 is 9.90 Å². The third-order valence-corrected chi connectivity index (χ3v) is 4.69. The number of benzene rings is 1. The summed E-state index contributed by atoms with van der Waals surface area (Å²) in [4.78, 5) is 11.7. The van der Waals surface area contributed by atoms with Crippen LogP contribution in [0.5, 0.6) is 0 Å². The van der Waals surface area contributed by atoms with Gasteiger partial charge in [0.2, 0.25) is 0 Å². The van der Waals surface area contributed by atoms with Crippen molar-refractivity contribution in [1.29, 1.82) is 0 Å². The molecule has 1 heterocycles. The predicted molar refractivity (Wildman–Crippen MR) is 75.8 cm³/mol. The fourth-order valence-electron chi connectivity index (χ4n) is 3.58. The van der Waals surface area contributed by atoms with Crippen LogP contribution in [0.4, 0.5) is 5.69 Å². The molecule has 0 saturated heterocycles. The van der Waals surface area contributed by atoms with Crippen molar-refractivity contribution in [3.8, 4) is 0 Å². The van der Waals surface area contributed by atoms with E-state index >= 15 is 0 Å². The number of carbonyl (C=O) groups is 1. The third-order valence-electron chi connectivity index (χ3n) is 4.45. The topological polar surface area (TPSA) is 49.3 Å². The van der Waals surface area contributed by atoms with Gasteiger partial charge in [-0.2, -0.15) is 0 Å². The van der Waals surface area contributed by atoms with Crippen molar-refractivity contribution in [1.82, 2.24) is 0 Å². The summed E-state index contributed by atoms with van der Waals surface area (Å²) in [6.45, 7) is 0. The van der Waals surface area contributed by atoms with Gasteiger partial charge in [-0.15, -0.1) is 0 Å². The molecule has 0 spiro atoms. The van der Waals surface area contributed by atoms with E-state index in [1.54, 1.807) is 0 Å². The van der Waals surface area contributed by atoms with E-state index in [2.05, 4.69) is 5.32 Å². The number of carboxylic acids is 1. The smallest absolute Gasteiger partial charge is 0.311 e. The van der Waals surface area contributed by atoms with E-state index in [9.17, 15) is 9.90 Å². The van der Waals surface area contributed by atoms with Gasteiger partial charge in [-0.05, 0) is 42.5 Å². The number of aliphatic carboxylic acids is 1. The lowest BCUT2D eigenvalue weighted by Gasteiger charge is -2.38. The van der Waals surface area contributed by atoms with Gasteiger partial charge >= 0.3 is 5.97 Å². The minimum atomic E-state index is -0.720. The van der Waals surface area contributed by atoms with Gasteiger partial charge < -0.3 is 10.4 Å². The van der Waals surface area contributed by atoms with Crippen molar-refractivity contribution in [3.05, 3.63) is 28.8 Å². The highest BCUT2D eigenvalue weighted by atomic mass is 35.5. The molecular weight excluding hydrogens is 262 g/mol. The Morgan fingerprint density at radius 3 is 2.84 bits per heavy atom. The number of fused-ring (bicyclic) bond motifs is 2. The van der Waals surface area contributed by atoms with Crippen LogP contribution in [0.3, 0.4) is 0 Å². The SMILES string of the molecule is O=C(O)C1c2cc(Cl)ccc2NC2CCCCCC21. The van der Waals surface area contributed by atoms with E-state index in [1.807, 2.05) is 18.2 Å². The van der Waals surface area contributed by atoms with Crippen LogP contribution in [-0.2, 0) is 4.79 Å². The average Bonchev–Trinajstić information content (AvgIpc) is 2.60. The average molecular weight is 280 g/mol. The second kappa shape index (κ2) is 5.04. The van der Waals surface area contributed by atoms with Gasteiger partial charge in [0.25, 0.3) is 0 Å². The molecular formula is C15H18ClNO2. The second-order valence-electron chi connectivity index (χ2n) is 5.60. The van der Waals surface area contributed by atoms with Gasteiger partial charge in [-0.3, -0.25) is 4.79 Å². The summed E-state index contributed by atoms with van der Waals surface area (Å²) < 4.78 is 0. The first kappa shape index (κ1) is 12.8. The molecule has 2 aliphatic rings. The minimum absolute atomic E-state index is 0.186. The Morgan fingerprint density at radius 2 is 2.05 bits per heavy atom. The highest BCUT2D eigenvalue weighted by Gasteiger charge is 2.40. The Bertz CT molecular complexity index is 503. The Morgan fingerprint density at radius 1 is 1.26 bits per heavy atom. The summed E-state index contributed by atoms with van der Waals surface area (Å²) in [5.74, 6) is -0.953. The molecule has 3 unspecified atom stereocenters. The molecule has 0 radical (unpaired) electrons. The Balaban J connectivity index is 2.05. The molecule has 1 aliphatic heterocycles. The molecule has 2 N–H and O–H groups in total. The number of hydrogen-bond donors (Lipinski definition) is 2. The fraction of sp³-hybridized carbons (Fsp3) is 0.533. The van der Waals surface area contributed by atoms with Gasteiger partial charge in [-0.1, -0.05) is 30.9 Å². The first-order valence-corrected chi connectivity index (χ1v) is 7.33. The molecule has 4 heteroatoms.